The van der Waals surface area contributed by atoms with Crippen molar-refractivity contribution >= 4 is 38.6 Å². The first kappa shape index (κ1) is 17.2. The highest BCUT2D eigenvalue weighted by Gasteiger charge is 2.14. The number of hydrogen-bond donors (Lipinski definition) is 0. The van der Waals surface area contributed by atoms with E-state index in [1.165, 1.54) is 0 Å². The van der Waals surface area contributed by atoms with E-state index in [1.807, 2.05) is 36.0 Å². The zero-order chi connectivity index (χ0) is 17.3. The summed E-state index contributed by atoms with van der Waals surface area (Å²) in [5.74, 6) is 1.09. The average Bonchev–Trinajstić information content (AvgIpc) is 2.94. The van der Waals surface area contributed by atoms with Gasteiger partial charge in [0.2, 0.25) is 0 Å². The molecular weight excluding hydrogens is 388 g/mol. The predicted molar refractivity (Wildman–Crippen MR) is 101 cm³/mol. The van der Waals surface area contributed by atoms with Crippen LogP contribution in [0.25, 0.3) is 10.9 Å². The van der Waals surface area contributed by atoms with Gasteiger partial charge in [0.05, 0.1) is 10.9 Å². The monoisotopic (exact) mass is 406 g/mol. The Morgan fingerprint density at radius 3 is 2.75 bits per heavy atom. The minimum Gasteiger partial charge on any atom is -0.287 e. The molecule has 7 heteroatoms. The Balaban J connectivity index is 2.05. The van der Waals surface area contributed by atoms with Gasteiger partial charge in [-0.25, -0.2) is 4.98 Å². The van der Waals surface area contributed by atoms with Crippen LogP contribution >= 0.6 is 27.7 Å². The summed E-state index contributed by atoms with van der Waals surface area (Å²) >= 11 is 5.01. The molecular formula is C17H19BrN4OS. The van der Waals surface area contributed by atoms with Gasteiger partial charge < -0.3 is 0 Å². The number of halogens is 1. The maximum Gasteiger partial charge on any atom is 0.262 e. The molecule has 2 aromatic heterocycles. The number of hydrogen-bond acceptors (Lipinski definition) is 4. The van der Waals surface area contributed by atoms with Gasteiger partial charge in [0, 0.05) is 35.7 Å². The molecule has 0 radical (unpaired) electrons. The summed E-state index contributed by atoms with van der Waals surface area (Å²) in [6, 6.07) is 7.62. The van der Waals surface area contributed by atoms with E-state index in [0.29, 0.717) is 17.8 Å². The summed E-state index contributed by atoms with van der Waals surface area (Å²) in [6.45, 7) is 4.86. The Bertz CT molecular complexity index is 932. The van der Waals surface area contributed by atoms with Crippen LogP contribution in [-0.2, 0) is 19.3 Å². The van der Waals surface area contributed by atoms with Crippen LogP contribution in [0.3, 0.4) is 0 Å². The van der Waals surface area contributed by atoms with Crippen LogP contribution in [0.2, 0.25) is 0 Å². The largest absolute Gasteiger partial charge is 0.287 e. The lowest BCUT2D eigenvalue weighted by atomic mass is 10.2. The summed E-state index contributed by atoms with van der Waals surface area (Å²) < 4.78 is 4.52. The zero-order valence-corrected chi connectivity index (χ0v) is 16.3. The molecule has 24 heavy (non-hydrogen) atoms. The Labute approximate surface area is 153 Å². The van der Waals surface area contributed by atoms with Crippen molar-refractivity contribution in [2.75, 3.05) is 0 Å². The summed E-state index contributed by atoms with van der Waals surface area (Å²) in [5.41, 5.74) is 1.85. The summed E-state index contributed by atoms with van der Waals surface area (Å²) in [7, 11) is 1.92. The maximum atomic E-state index is 12.9. The topological polar surface area (TPSA) is 52.7 Å². The van der Waals surface area contributed by atoms with E-state index in [-0.39, 0.29) is 5.56 Å². The number of nitrogens with zero attached hydrogens (tertiary/aromatic N) is 4. The average molecular weight is 407 g/mol. The van der Waals surface area contributed by atoms with E-state index in [4.69, 9.17) is 4.98 Å². The molecule has 0 spiro atoms. The van der Waals surface area contributed by atoms with E-state index in [1.54, 1.807) is 22.5 Å². The molecule has 126 valence electrons. The summed E-state index contributed by atoms with van der Waals surface area (Å²) in [4.78, 5) is 17.7. The Hall–Kier alpha value is -1.60. The van der Waals surface area contributed by atoms with Gasteiger partial charge in [0.25, 0.3) is 5.56 Å². The van der Waals surface area contributed by atoms with Gasteiger partial charge in [-0.3, -0.25) is 14.0 Å². The van der Waals surface area contributed by atoms with Gasteiger partial charge in [-0.2, -0.15) is 5.10 Å². The SMILES string of the molecule is CC(C)Cn1c(SCc2ccnn2C)nc2ccc(Br)cc2c1=O. The predicted octanol–water partition coefficient (Wildman–Crippen LogP) is 3.84. The van der Waals surface area contributed by atoms with Crippen LogP contribution in [0, 0.1) is 5.92 Å². The molecule has 3 aromatic rings. The van der Waals surface area contributed by atoms with Gasteiger partial charge >= 0.3 is 0 Å². The maximum absolute atomic E-state index is 12.9. The third-order valence-corrected chi connectivity index (χ3v) is 5.20. The van der Waals surface area contributed by atoms with E-state index in [0.717, 1.165) is 26.6 Å². The molecule has 0 saturated carbocycles. The second-order valence-electron chi connectivity index (χ2n) is 6.10. The quantitative estimate of drug-likeness (QED) is 0.476. The van der Waals surface area contributed by atoms with Gasteiger partial charge in [-0.05, 0) is 30.2 Å². The first-order chi connectivity index (χ1) is 11.5. The van der Waals surface area contributed by atoms with E-state index in [9.17, 15) is 4.79 Å². The Morgan fingerprint density at radius 1 is 1.29 bits per heavy atom. The van der Waals surface area contributed by atoms with Crippen LogP contribution < -0.4 is 5.56 Å². The molecule has 3 rings (SSSR count). The molecule has 0 bridgehead atoms. The lowest BCUT2D eigenvalue weighted by molar-refractivity contribution is 0.475. The number of thioether (sulfide) groups is 1. The molecule has 0 unspecified atom stereocenters. The van der Waals surface area contributed by atoms with Crippen molar-refractivity contribution in [1.29, 1.82) is 0 Å². The van der Waals surface area contributed by atoms with Crippen molar-refractivity contribution < 1.29 is 0 Å². The fraction of sp³-hybridized carbons (Fsp3) is 0.353. The minimum atomic E-state index is 0.0162. The van der Waals surface area contributed by atoms with Crippen molar-refractivity contribution in [3.63, 3.8) is 0 Å². The first-order valence-corrected chi connectivity index (χ1v) is 9.53. The lowest BCUT2D eigenvalue weighted by Crippen LogP contribution is -2.25. The van der Waals surface area contributed by atoms with Crippen molar-refractivity contribution in [3.05, 3.63) is 51.0 Å². The van der Waals surface area contributed by atoms with Crippen LogP contribution in [0.1, 0.15) is 19.5 Å². The molecule has 0 aliphatic heterocycles. The third kappa shape index (κ3) is 3.57. The lowest BCUT2D eigenvalue weighted by Gasteiger charge is -2.15. The van der Waals surface area contributed by atoms with Gasteiger partial charge in [0.1, 0.15) is 0 Å². The fourth-order valence-electron chi connectivity index (χ4n) is 2.49. The smallest absolute Gasteiger partial charge is 0.262 e. The molecule has 0 aliphatic rings. The highest BCUT2D eigenvalue weighted by molar-refractivity contribution is 9.10. The van der Waals surface area contributed by atoms with E-state index in [2.05, 4.69) is 34.9 Å². The van der Waals surface area contributed by atoms with Gasteiger partial charge in [-0.1, -0.05) is 41.5 Å². The van der Waals surface area contributed by atoms with Crippen LogP contribution in [0.15, 0.2) is 44.9 Å². The molecule has 0 saturated heterocycles. The highest BCUT2D eigenvalue weighted by Crippen LogP contribution is 2.24. The van der Waals surface area contributed by atoms with Crippen molar-refractivity contribution in [1.82, 2.24) is 19.3 Å². The fourth-order valence-corrected chi connectivity index (χ4v) is 3.89. The molecule has 1 aromatic carbocycles. The molecule has 0 aliphatic carbocycles. The normalized spacial score (nSPS) is 11.5. The molecule has 0 amide bonds. The van der Waals surface area contributed by atoms with E-state index < -0.39 is 0 Å². The number of benzene rings is 1. The molecule has 5 nitrogen and oxygen atoms in total. The Morgan fingerprint density at radius 2 is 2.08 bits per heavy atom. The van der Waals surface area contributed by atoms with Crippen LogP contribution in [0.4, 0.5) is 0 Å². The standard InChI is InChI=1S/C17H19BrN4OS/c1-11(2)9-22-16(23)14-8-12(18)4-5-15(14)20-17(22)24-10-13-6-7-19-21(13)3/h4-8,11H,9-10H2,1-3H3. The second kappa shape index (κ2) is 7.11. The van der Waals surface area contributed by atoms with Crippen molar-refractivity contribution in [2.24, 2.45) is 13.0 Å². The molecule has 0 fully saturated rings. The summed E-state index contributed by atoms with van der Waals surface area (Å²) in [6.07, 6.45) is 1.78. The number of aryl methyl sites for hydroxylation is 1. The second-order valence-corrected chi connectivity index (χ2v) is 7.96. The van der Waals surface area contributed by atoms with Gasteiger partial charge in [-0.15, -0.1) is 0 Å². The van der Waals surface area contributed by atoms with Crippen LogP contribution in [-0.4, -0.2) is 19.3 Å². The number of aromatic nitrogens is 4. The minimum absolute atomic E-state index is 0.0162. The first-order valence-electron chi connectivity index (χ1n) is 7.75. The number of fused-ring (bicyclic) bond motifs is 1. The molecule has 2 heterocycles. The van der Waals surface area contributed by atoms with Gasteiger partial charge in [0.15, 0.2) is 5.16 Å². The molecule has 0 N–H and O–H groups in total. The summed E-state index contributed by atoms with van der Waals surface area (Å²) in [5, 5.41) is 5.59. The third-order valence-electron chi connectivity index (χ3n) is 3.70. The van der Waals surface area contributed by atoms with Crippen molar-refractivity contribution in [3.8, 4) is 0 Å². The Kier molecular flexibility index (Phi) is 5.10. The van der Waals surface area contributed by atoms with E-state index >= 15 is 0 Å². The van der Waals surface area contributed by atoms with Crippen LogP contribution in [0.5, 0.6) is 0 Å². The zero-order valence-electron chi connectivity index (χ0n) is 13.9. The molecule has 0 atom stereocenters. The number of rotatable bonds is 5. The highest BCUT2D eigenvalue weighted by atomic mass is 79.9. The van der Waals surface area contributed by atoms with Crippen molar-refractivity contribution in [2.45, 2.75) is 31.3 Å².